The Morgan fingerprint density at radius 2 is 2.00 bits per heavy atom. The van der Waals surface area contributed by atoms with Gasteiger partial charge in [-0.1, -0.05) is 6.92 Å². The fraction of sp³-hybridized carbons (Fsp3) is 1.00. The van der Waals surface area contributed by atoms with E-state index in [0.29, 0.717) is 0 Å². The molecule has 1 heteroatoms. The molecule has 36 valence electrons. The van der Waals surface area contributed by atoms with Crippen LogP contribution in [0.15, 0.2) is 0 Å². The summed E-state index contributed by atoms with van der Waals surface area (Å²) in [7, 11) is 0. The van der Waals surface area contributed by atoms with Crippen LogP contribution in [0, 0.1) is 5.92 Å². The Labute approximate surface area is 38.5 Å². The Hall–Kier alpha value is -0.0400. The zero-order valence-corrected chi connectivity index (χ0v) is 4.36. The molecule has 1 saturated carbocycles. The van der Waals surface area contributed by atoms with Crippen molar-refractivity contribution in [1.29, 1.82) is 0 Å². The van der Waals surface area contributed by atoms with Gasteiger partial charge in [-0.15, -0.1) is 0 Å². The van der Waals surface area contributed by atoms with Crippen LogP contribution < -0.4 is 5.73 Å². The second kappa shape index (κ2) is 0.784. The van der Waals surface area contributed by atoms with Gasteiger partial charge in [0.05, 0.1) is 0 Å². The number of rotatable bonds is 0. The monoisotopic (exact) mass is 85.1 g/mol. The Balaban J connectivity index is 2.41. The molecule has 1 fully saturated rings. The highest BCUT2D eigenvalue weighted by Crippen LogP contribution is 2.39. The van der Waals surface area contributed by atoms with E-state index in [2.05, 4.69) is 13.8 Å². The van der Waals surface area contributed by atoms with Crippen LogP contribution in [0.4, 0.5) is 0 Å². The van der Waals surface area contributed by atoms with E-state index in [9.17, 15) is 0 Å². The van der Waals surface area contributed by atoms with Gasteiger partial charge >= 0.3 is 0 Å². The first-order valence-electron chi connectivity index (χ1n) is 2.42. The fourth-order valence-electron chi connectivity index (χ4n) is 0.601. The zero-order valence-electron chi connectivity index (χ0n) is 4.36. The summed E-state index contributed by atoms with van der Waals surface area (Å²) in [5.74, 6) is 0.775. The molecule has 0 bridgehead atoms. The number of hydrogen-bond acceptors (Lipinski definition) is 1. The van der Waals surface area contributed by atoms with E-state index in [1.54, 1.807) is 0 Å². The highest BCUT2D eigenvalue weighted by Gasteiger charge is 2.42. The van der Waals surface area contributed by atoms with Gasteiger partial charge in [-0.05, 0) is 19.3 Å². The van der Waals surface area contributed by atoms with Crippen molar-refractivity contribution in [1.82, 2.24) is 0 Å². The molecule has 6 heavy (non-hydrogen) atoms. The summed E-state index contributed by atoms with van der Waals surface area (Å²) in [4.78, 5) is 0. The molecule has 0 spiro atoms. The first-order chi connectivity index (χ1) is 2.63. The highest BCUT2D eigenvalue weighted by molar-refractivity contribution is 5.00. The van der Waals surface area contributed by atoms with Crippen LogP contribution in [0.5, 0.6) is 0 Å². The summed E-state index contributed by atoms with van der Waals surface area (Å²) in [6.45, 7) is 4.28. The van der Waals surface area contributed by atoms with Gasteiger partial charge in [0.15, 0.2) is 0 Å². The van der Waals surface area contributed by atoms with E-state index >= 15 is 0 Å². The van der Waals surface area contributed by atoms with Crippen LogP contribution >= 0.6 is 0 Å². The van der Waals surface area contributed by atoms with E-state index < -0.39 is 0 Å². The minimum absolute atomic E-state index is 0.208. The molecule has 0 aromatic rings. The Morgan fingerprint density at radius 3 is 2.00 bits per heavy atom. The fourth-order valence-corrected chi connectivity index (χ4v) is 0.601. The lowest BCUT2D eigenvalue weighted by molar-refractivity contribution is 0.686. The van der Waals surface area contributed by atoms with Crippen LogP contribution in [0.25, 0.3) is 0 Å². The molecule has 1 aliphatic carbocycles. The summed E-state index contributed by atoms with van der Waals surface area (Å²) >= 11 is 0. The second-order valence-corrected chi connectivity index (χ2v) is 2.61. The molecule has 0 unspecified atom stereocenters. The Morgan fingerprint density at radius 1 is 1.83 bits per heavy atom. The Bertz CT molecular complexity index is 66.3. The molecule has 0 saturated heterocycles. The lowest BCUT2D eigenvalue weighted by Gasteiger charge is -1.93. The van der Waals surface area contributed by atoms with Crippen LogP contribution in [-0.4, -0.2) is 5.54 Å². The molecule has 1 rings (SSSR count). The molecule has 0 aromatic carbocycles. The summed E-state index contributed by atoms with van der Waals surface area (Å²) in [5, 5.41) is 0. The number of nitrogens with two attached hydrogens (primary N) is 1. The number of hydrogen-bond donors (Lipinski definition) is 1. The topological polar surface area (TPSA) is 26.0 Å². The van der Waals surface area contributed by atoms with E-state index in [1.165, 1.54) is 6.42 Å². The maximum atomic E-state index is 5.61. The molecule has 0 heterocycles. The third kappa shape index (κ3) is 0.432. The lowest BCUT2D eigenvalue weighted by Crippen LogP contribution is -2.18. The van der Waals surface area contributed by atoms with Crippen molar-refractivity contribution in [2.75, 3.05) is 0 Å². The molecule has 0 amide bonds. The lowest BCUT2D eigenvalue weighted by atomic mass is 10.3. The van der Waals surface area contributed by atoms with E-state index in [0.717, 1.165) is 5.92 Å². The summed E-state index contributed by atoms with van der Waals surface area (Å²) in [5.41, 5.74) is 5.82. The molecule has 2 atom stereocenters. The maximum Gasteiger partial charge on any atom is 0.0155 e. The third-order valence-electron chi connectivity index (χ3n) is 1.71. The summed E-state index contributed by atoms with van der Waals surface area (Å²) < 4.78 is 0. The molecule has 0 radical (unpaired) electrons. The van der Waals surface area contributed by atoms with Crippen molar-refractivity contribution in [3.05, 3.63) is 0 Å². The Kier molecular flexibility index (Phi) is 0.539. The van der Waals surface area contributed by atoms with Crippen LogP contribution in [0.2, 0.25) is 0 Å². The van der Waals surface area contributed by atoms with Crippen LogP contribution in [-0.2, 0) is 0 Å². The molecular formula is C5H11N. The maximum absolute atomic E-state index is 5.61. The van der Waals surface area contributed by atoms with E-state index in [1.807, 2.05) is 0 Å². The van der Waals surface area contributed by atoms with Crippen molar-refractivity contribution in [3.8, 4) is 0 Å². The predicted octanol–water partition coefficient (Wildman–Crippen LogP) is 0.744. The van der Waals surface area contributed by atoms with Gasteiger partial charge in [-0.25, -0.2) is 0 Å². The second-order valence-electron chi connectivity index (χ2n) is 2.61. The average Bonchev–Trinajstić information content (AvgIpc) is 1.73. The first-order valence-corrected chi connectivity index (χ1v) is 2.42. The normalized spacial score (nSPS) is 55.5. The van der Waals surface area contributed by atoms with Gasteiger partial charge < -0.3 is 5.73 Å². The quantitative estimate of drug-likeness (QED) is 0.461. The van der Waals surface area contributed by atoms with Crippen molar-refractivity contribution < 1.29 is 0 Å². The van der Waals surface area contributed by atoms with Gasteiger partial charge in [-0.2, -0.15) is 0 Å². The van der Waals surface area contributed by atoms with Crippen LogP contribution in [0.1, 0.15) is 20.3 Å². The van der Waals surface area contributed by atoms with Crippen molar-refractivity contribution >= 4 is 0 Å². The standard InChI is InChI=1S/C5H11N/c1-4-3-5(4,2)6/h4H,3,6H2,1-2H3/t4-,5-/m0/s1. The minimum Gasteiger partial charge on any atom is -0.325 e. The van der Waals surface area contributed by atoms with Crippen molar-refractivity contribution in [2.24, 2.45) is 11.7 Å². The van der Waals surface area contributed by atoms with Crippen molar-refractivity contribution in [3.63, 3.8) is 0 Å². The zero-order chi connectivity index (χ0) is 4.78. The van der Waals surface area contributed by atoms with Gasteiger partial charge in [0.25, 0.3) is 0 Å². The van der Waals surface area contributed by atoms with E-state index in [4.69, 9.17) is 5.73 Å². The third-order valence-corrected chi connectivity index (χ3v) is 1.71. The summed E-state index contributed by atoms with van der Waals surface area (Å²) in [6.07, 6.45) is 1.22. The molecule has 1 aliphatic rings. The summed E-state index contributed by atoms with van der Waals surface area (Å²) in [6, 6.07) is 0. The smallest absolute Gasteiger partial charge is 0.0155 e. The van der Waals surface area contributed by atoms with E-state index in [-0.39, 0.29) is 5.54 Å². The molecule has 2 N–H and O–H groups in total. The molecule has 0 aliphatic heterocycles. The predicted molar refractivity (Wildman–Crippen MR) is 26.4 cm³/mol. The molecule has 1 nitrogen and oxygen atoms in total. The van der Waals surface area contributed by atoms with Gasteiger partial charge in [-0.3, -0.25) is 0 Å². The average molecular weight is 85.2 g/mol. The minimum atomic E-state index is 0.208. The largest absolute Gasteiger partial charge is 0.325 e. The highest BCUT2D eigenvalue weighted by atomic mass is 14.8. The van der Waals surface area contributed by atoms with Gasteiger partial charge in [0, 0.05) is 5.54 Å². The first kappa shape index (κ1) is 4.13. The SMILES string of the molecule is C[C@H]1C[C@]1(C)N. The molecular weight excluding hydrogens is 74.1 g/mol. The molecule has 0 aromatic heterocycles. The van der Waals surface area contributed by atoms with Gasteiger partial charge in [0.1, 0.15) is 0 Å². The van der Waals surface area contributed by atoms with Gasteiger partial charge in [0.2, 0.25) is 0 Å². The van der Waals surface area contributed by atoms with Crippen LogP contribution in [0.3, 0.4) is 0 Å². The van der Waals surface area contributed by atoms with Crippen molar-refractivity contribution in [2.45, 2.75) is 25.8 Å².